The Bertz CT molecular complexity index is 858. The molecule has 2 heterocycles. The van der Waals surface area contributed by atoms with Crippen molar-refractivity contribution < 1.29 is 4.84 Å². The van der Waals surface area contributed by atoms with Crippen LogP contribution in [0.4, 0.5) is 5.13 Å². The molecule has 0 saturated heterocycles. The minimum Gasteiger partial charge on any atom is -0.389 e. The molecule has 0 atom stereocenters. The van der Waals surface area contributed by atoms with E-state index in [1.165, 1.54) is 11.3 Å². The number of anilines is 1. The predicted octanol–water partition coefficient (Wildman–Crippen LogP) is 1.94. The van der Waals surface area contributed by atoms with Crippen LogP contribution in [0, 0.1) is 0 Å². The Labute approximate surface area is 146 Å². The molecule has 0 fully saturated rings. The van der Waals surface area contributed by atoms with Crippen molar-refractivity contribution in [3.63, 3.8) is 0 Å². The predicted molar refractivity (Wildman–Crippen MR) is 94.0 cm³/mol. The molecule has 8 nitrogen and oxygen atoms in total. The van der Waals surface area contributed by atoms with Crippen LogP contribution in [0.25, 0.3) is 0 Å². The topological polar surface area (TPSA) is 104 Å². The van der Waals surface area contributed by atoms with Crippen molar-refractivity contribution in [3.8, 4) is 0 Å². The zero-order chi connectivity index (χ0) is 16.9. The average Bonchev–Trinajstić information content (AvgIpc) is 3.20. The van der Waals surface area contributed by atoms with Gasteiger partial charge >= 0.3 is 0 Å². The third kappa shape index (κ3) is 3.71. The van der Waals surface area contributed by atoms with E-state index in [2.05, 4.69) is 25.7 Å². The van der Waals surface area contributed by atoms with Crippen molar-refractivity contribution in [2.45, 2.75) is 11.5 Å². The van der Waals surface area contributed by atoms with Gasteiger partial charge < -0.3 is 10.6 Å². The fourth-order valence-corrected chi connectivity index (χ4v) is 2.98. The monoisotopic (exact) mass is 361 g/mol. The number of benzene rings is 1. The Balaban J connectivity index is 1.89. The number of oxime groups is 1. The van der Waals surface area contributed by atoms with Crippen molar-refractivity contribution >= 4 is 33.9 Å². The molecule has 0 aliphatic heterocycles. The minimum atomic E-state index is 0.227. The molecule has 0 aliphatic carbocycles. The van der Waals surface area contributed by atoms with E-state index in [1.807, 2.05) is 35.9 Å². The van der Waals surface area contributed by atoms with Gasteiger partial charge in [-0.1, -0.05) is 17.3 Å². The summed E-state index contributed by atoms with van der Waals surface area (Å²) in [4.78, 5) is 10.7. The number of thiazole rings is 1. The molecule has 124 valence electrons. The quantitative estimate of drug-likeness (QED) is 0.406. The number of nitrogen functional groups attached to an aromatic ring is 1. The summed E-state index contributed by atoms with van der Waals surface area (Å²) >= 11 is 3.01. The maximum absolute atomic E-state index is 5.61. The standard InChI is InChI=1S/C14H15N7OS2/c1-21-13(17-19-20-21)12(9-4-3-5-11(6-9)23-2)18-22-7-10-8-24-14(15)16-10/h3-6,8H,7H2,1-2H3,(H2,15,16)/b18-12+. The van der Waals surface area contributed by atoms with Gasteiger partial charge in [-0.3, -0.25) is 0 Å². The molecule has 0 radical (unpaired) electrons. The lowest BCUT2D eigenvalue weighted by Crippen LogP contribution is -2.12. The van der Waals surface area contributed by atoms with Gasteiger partial charge in [-0.05, 0) is 28.8 Å². The fraction of sp³-hybridized carbons (Fsp3) is 0.214. The van der Waals surface area contributed by atoms with Crippen molar-refractivity contribution in [3.05, 3.63) is 46.7 Å². The van der Waals surface area contributed by atoms with Crippen LogP contribution < -0.4 is 5.73 Å². The molecule has 24 heavy (non-hydrogen) atoms. The lowest BCUT2D eigenvalue weighted by atomic mass is 10.1. The summed E-state index contributed by atoms with van der Waals surface area (Å²) in [5.74, 6) is 0.519. The van der Waals surface area contributed by atoms with Crippen LogP contribution in [0.15, 0.2) is 39.7 Å². The molecule has 3 aromatic rings. The summed E-state index contributed by atoms with van der Waals surface area (Å²) in [5, 5.41) is 18.1. The summed E-state index contributed by atoms with van der Waals surface area (Å²) in [5.41, 5.74) is 7.77. The van der Waals surface area contributed by atoms with Gasteiger partial charge in [0, 0.05) is 22.9 Å². The van der Waals surface area contributed by atoms with E-state index in [9.17, 15) is 0 Å². The third-order valence-corrected chi connectivity index (χ3v) is 4.56. The molecule has 0 spiro atoms. The molecular formula is C14H15N7OS2. The van der Waals surface area contributed by atoms with Crippen molar-refractivity contribution in [1.29, 1.82) is 0 Å². The minimum absolute atomic E-state index is 0.227. The first-order valence-corrected chi connectivity index (χ1v) is 9.05. The van der Waals surface area contributed by atoms with Crippen LogP contribution >= 0.6 is 23.1 Å². The van der Waals surface area contributed by atoms with Crippen LogP contribution in [0.3, 0.4) is 0 Å². The van der Waals surface area contributed by atoms with Gasteiger partial charge in [-0.15, -0.1) is 28.2 Å². The second-order valence-corrected chi connectivity index (χ2v) is 6.52. The second-order valence-electron chi connectivity index (χ2n) is 4.75. The summed E-state index contributed by atoms with van der Waals surface area (Å²) in [6.07, 6.45) is 2.02. The van der Waals surface area contributed by atoms with E-state index in [4.69, 9.17) is 10.6 Å². The van der Waals surface area contributed by atoms with Crippen LogP contribution in [-0.4, -0.2) is 37.2 Å². The van der Waals surface area contributed by atoms with Gasteiger partial charge in [0.1, 0.15) is 0 Å². The number of rotatable bonds is 6. The number of nitrogens with two attached hydrogens (primary N) is 1. The highest BCUT2D eigenvalue weighted by Crippen LogP contribution is 2.18. The third-order valence-electron chi connectivity index (χ3n) is 3.11. The molecule has 0 saturated carbocycles. The summed E-state index contributed by atoms with van der Waals surface area (Å²) < 4.78 is 1.55. The molecule has 2 aromatic heterocycles. The van der Waals surface area contributed by atoms with Gasteiger partial charge in [-0.25, -0.2) is 9.67 Å². The Morgan fingerprint density at radius 2 is 2.33 bits per heavy atom. The molecular weight excluding hydrogens is 346 g/mol. The number of hydrogen-bond acceptors (Lipinski definition) is 9. The maximum Gasteiger partial charge on any atom is 0.204 e. The Morgan fingerprint density at radius 1 is 1.46 bits per heavy atom. The van der Waals surface area contributed by atoms with E-state index in [1.54, 1.807) is 23.5 Å². The summed E-state index contributed by atoms with van der Waals surface area (Å²) in [6, 6.07) is 7.95. The van der Waals surface area contributed by atoms with E-state index >= 15 is 0 Å². The first-order chi connectivity index (χ1) is 11.7. The normalized spacial score (nSPS) is 11.7. The molecule has 3 rings (SSSR count). The van der Waals surface area contributed by atoms with Gasteiger partial charge in [0.15, 0.2) is 17.5 Å². The Hall–Kier alpha value is -2.46. The number of thioether (sulfide) groups is 1. The lowest BCUT2D eigenvalue weighted by Gasteiger charge is -2.06. The first kappa shape index (κ1) is 16.4. The highest BCUT2D eigenvalue weighted by atomic mass is 32.2. The number of hydrogen-bond donors (Lipinski definition) is 1. The number of aromatic nitrogens is 5. The molecule has 1 aromatic carbocycles. The highest BCUT2D eigenvalue weighted by Gasteiger charge is 2.15. The van der Waals surface area contributed by atoms with Gasteiger partial charge in [-0.2, -0.15) is 0 Å². The number of tetrazole rings is 1. The Kier molecular flexibility index (Phi) is 5.06. The summed E-state index contributed by atoms with van der Waals surface area (Å²) in [7, 11) is 1.75. The SMILES string of the molecule is CSc1cccc(/C(=N\OCc2csc(N)n2)c2nnnn2C)c1. The lowest BCUT2D eigenvalue weighted by molar-refractivity contribution is 0.128. The van der Waals surface area contributed by atoms with Crippen molar-refractivity contribution in [2.75, 3.05) is 12.0 Å². The number of aryl methyl sites for hydroxylation is 1. The zero-order valence-corrected chi connectivity index (χ0v) is 14.7. The average molecular weight is 361 g/mol. The molecule has 0 bridgehead atoms. The van der Waals surface area contributed by atoms with E-state index in [-0.39, 0.29) is 6.61 Å². The van der Waals surface area contributed by atoms with Gasteiger partial charge in [0.25, 0.3) is 0 Å². The molecule has 0 unspecified atom stereocenters. The van der Waals surface area contributed by atoms with Crippen LogP contribution in [0.5, 0.6) is 0 Å². The summed E-state index contributed by atoms with van der Waals surface area (Å²) in [6.45, 7) is 0.227. The fourth-order valence-electron chi connectivity index (χ4n) is 1.97. The first-order valence-electron chi connectivity index (χ1n) is 6.94. The second kappa shape index (κ2) is 7.41. The maximum atomic E-state index is 5.61. The Morgan fingerprint density at radius 3 is 3.00 bits per heavy atom. The van der Waals surface area contributed by atoms with Crippen molar-refractivity contribution in [2.24, 2.45) is 12.2 Å². The molecule has 2 N–H and O–H groups in total. The molecule has 0 aliphatic rings. The highest BCUT2D eigenvalue weighted by molar-refractivity contribution is 7.98. The van der Waals surface area contributed by atoms with Gasteiger partial charge in [0.2, 0.25) is 5.82 Å². The molecule has 0 amide bonds. The van der Waals surface area contributed by atoms with Crippen LogP contribution in [0.2, 0.25) is 0 Å². The van der Waals surface area contributed by atoms with E-state index in [0.29, 0.717) is 16.7 Å². The largest absolute Gasteiger partial charge is 0.389 e. The smallest absolute Gasteiger partial charge is 0.204 e. The zero-order valence-electron chi connectivity index (χ0n) is 13.1. The van der Waals surface area contributed by atoms with Crippen LogP contribution in [-0.2, 0) is 18.5 Å². The molecule has 10 heteroatoms. The van der Waals surface area contributed by atoms with Gasteiger partial charge in [0.05, 0.1) is 5.69 Å². The van der Waals surface area contributed by atoms with E-state index < -0.39 is 0 Å². The van der Waals surface area contributed by atoms with E-state index in [0.717, 1.165) is 16.2 Å². The van der Waals surface area contributed by atoms with Crippen molar-refractivity contribution in [1.82, 2.24) is 25.2 Å². The number of nitrogens with zero attached hydrogens (tertiary/aromatic N) is 6. The van der Waals surface area contributed by atoms with Crippen LogP contribution in [0.1, 0.15) is 17.1 Å².